The van der Waals surface area contributed by atoms with E-state index in [0.717, 1.165) is 0 Å². The molecule has 0 aromatic heterocycles. The number of esters is 1. The molecule has 1 atom stereocenters. The Bertz CT molecular complexity index is 392. The molecule has 1 aromatic carbocycles. The van der Waals surface area contributed by atoms with Crippen LogP contribution in [0, 0.1) is 0 Å². The molecule has 1 aromatic rings. The Balaban J connectivity index is 2.83. The number of hydrogen-bond donors (Lipinski definition) is 2. The smallest absolute Gasteiger partial charge is 0.323 e. The molecule has 0 saturated heterocycles. The fourth-order valence-electron chi connectivity index (χ4n) is 1.50. The molecule has 0 saturated carbocycles. The highest BCUT2D eigenvalue weighted by Gasteiger charge is 2.19. The summed E-state index contributed by atoms with van der Waals surface area (Å²) >= 11 is 0. The van der Waals surface area contributed by atoms with Gasteiger partial charge in [0.2, 0.25) is 0 Å². The number of benzene rings is 1. The third-order valence-electron chi connectivity index (χ3n) is 2.34. The summed E-state index contributed by atoms with van der Waals surface area (Å²) in [6.07, 6.45) is 0.175. The van der Waals surface area contributed by atoms with E-state index in [1.807, 2.05) is 0 Å². The van der Waals surface area contributed by atoms with Gasteiger partial charge in [-0.25, -0.2) is 0 Å². The lowest BCUT2D eigenvalue weighted by molar-refractivity contribution is -0.144. The molecule has 0 fully saturated rings. The molecule has 0 aliphatic carbocycles. The van der Waals surface area contributed by atoms with E-state index in [9.17, 15) is 9.90 Å². The van der Waals surface area contributed by atoms with Crippen LogP contribution in [-0.2, 0) is 16.0 Å². The van der Waals surface area contributed by atoms with Crippen molar-refractivity contribution in [1.82, 2.24) is 0 Å². The number of methoxy groups -OCH3 is 1. The van der Waals surface area contributed by atoms with Crippen LogP contribution in [0.5, 0.6) is 11.5 Å². The van der Waals surface area contributed by atoms with Gasteiger partial charge in [0.05, 0.1) is 13.7 Å². The minimum atomic E-state index is -0.808. The van der Waals surface area contributed by atoms with E-state index >= 15 is 0 Å². The number of hydrogen-bond acceptors (Lipinski definition) is 5. The normalized spacial score (nSPS) is 11.9. The summed E-state index contributed by atoms with van der Waals surface area (Å²) in [6, 6.07) is 4.08. The van der Waals surface area contributed by atoms with E-state index in [4.69, 9.17) is 15.2 Å². The van der Waals surface area contributed by atoms with Crippen molar-refractivity contribution in [2.24, 2.45) is 5.73 Å². The van der Waals surface area contributed by atoms with Crippen LogP contribution in [0.3, 0.4) is 0 Å². The zero-order chi connectivity index (χ0) is 12.8. The van der Waals surface area contributed by atoms with Crippen LogP contribution in [0.2, 0.25) is 0 Å². The minimum Gasteiger partial charge on any atom is -0.508 e. The van der Waals surface area contributed by atoms with Crippen LogP contribution in [0.1, 0.15) is 12.5 Å². The third kappa shape index (κ3) is 3.35. The van der Waals surface area contributed by atoms with Gasteiger partial charge >= 0.3 is 5.97 Å². The molecule has 0 aliphatic heterocycles. The Hall–Kier alpha value is -1.75. The van der Waals surface area contributed by atoms with Crippen LogP contribution >= 0.6 is 0 Å². The van der Waals surface area contributed by atoms with E-state index in [0.29, 0.717) is 11.3 Å². The molecule has 0 heterocycles. The first kappa shape index (κ1) is 13.3. The average molecular weight is 239 g/mol. The molecular formula is C12H17NO4. The zero-order valence-electron chi connectivity index (χ0n) is 9.97. The molecule has 1 unspecified atom stereocenters. The van der Waals surface area contributed by atoms with Crippen LogP contribution in [0.25, 0.3) is 0 Å². The second-order valence-electron chi connectivity index (χ2n) is 3.52. The van der Waals surface area contributed by atoms with Crippen LogP contribution in [0.4, 0.5) is 0 Å². The Labute approximate surface area is 100 Å². The lowest BCUT2D eigenvalue weighted by Crippen LogP contribution is -2.34. The molecule has 0 spiro atoms. The zero-order valence-corrected chi connectivity index (χ0v) is 9.97. The van der Waals surface area contributed by atoms with Crippen LogP contribution in [0.15, 0.2) is 18.2 Å². The van der Waals surface area contributed by atoms with Gasteiger partial charge in [0.25, 0.3) is 0 Å². The number of carbonyl (C=O) groups excluding carboxylic acids is 1. The number of aromatic hydroxyl groups is 1. The maximum absolute atomic E-state index is 11.4. The van der Waals surface area contributed by atoms with Gasteiger partial charge in [-0.2, -0.15) is 0 Å². The van der Waals surface area contributed by atoms with Crippen molar-refractivity contribution >= 4 is 5.97 Å². The Kier molecular flexibility index (Phi) is 4.78. The molecule has 17 heavy (non-hydrogen) atoms. The van der Waals surface area contributed by atoms with Crippen LogP contribution < -0.4 is 10.5 Å². The lowest BCUT2D eigenvalue weighted by atomic mass is 10.0. The van der Waals surface area contributed by atoms with Gasteiger partial charge < -0.3 is 20.3 Å². The molecule has 0 radical (unpaired) electrons. The van der Waals surface area contributed by atoms with E-state index in [1.165, 1.54) is 13.2 Å². The highest BCUT2D eigenvalue weighted by molar-refractivity contribution is 5.76. The standard InChI is InChI=1S/C12H17NO4/c1-3-17-12(15)9(13)7-8-10(14)5-4-6-11(8)16-2/h4-6,9,14H,3,7,13H2,1-2H3. The van der Waals surface area contributed by atoms with Crippen LogP contribution in [-0.4, -0.2) is 30.8 Å². The van der Waals surface area contributed by atoms with E-state index in [2.05, 4.69) is 0 Å². The molecule has 0 amide bonds. The summed E-state index contributed by atoms with van der Waals surface area (Å²) in [7, 11) is 1.49. The molecule has 94 valence electrons. The van der Waals surface area contributed by atoms with Crippen molar-refractivity contribution in [3.05, 3.63) is 23.8 Å². The fraction of sp³-hybridized carbons (Fsp3) is 0.417. The minimum absolute atomic E-state index is 0.0594. The Morgan fingerprint density at radius 3 is 2.82 bits per heavy atom. The monoisotopic (exact) mass is 239 g/mol. The van der Waals surface area contributed by atoms with E-state index in [-0.39, 0.29) is 18.8 Å². The van der Waals surface area contributed by atoms with E-state index < -0.39 is 12.0 Å². The summed E-state index contributed by atoms with van der Waals surface area (Å²) in [5.74, 6) is 0.0756. The molecule has 0 aliphatic rings. The molecule has 5 heteroatoms. The predicted octanol–water partition coefficient (Wildman–Crippen LogP) is 0.834. The van der Waals surface area contributed by atoms with Crippen molar-refractivity contribution in [3.63, 3.8) is 0 Å². The van der Waals surface area contributed by atoms with E-state index in [1.54, 1.807) is 19.1 Å². The van der Waals surface area contributed by atoms with Gasteiger partial charge in [-0.15, -0.1) is 0 Å². The first-order valence-corrected chi connectivity index (χ1v) is 5.37. The van der Waals surface area contributed by atoms with Gasteiger partial charge in [-0.1, -0.05) is 6.07 Å². The quantitative estimate of drug-likeness (QED) is 0.744. The first-order valence-electron chi connectivity index (χ1n) is 5.37. The lowest BCUT2D eigenvalue weighted by Gasteiger charge is -2.14. The van der Waals surface area contributed by atoms with Crippen molar-refractivity contribution in [3.8, 4) is 11.5 Å². The number of phenolic OH excluding ortho intramolecular Hbond substituents is 1. The number of nitrogens with two attached hydrogens (primary N) is 1. The van der Waals surface area contributed by atoms with Crippen molar-refractivity contribution < 1.29 is 19.4 Å². The maximum atomic E-state index is 11.4. The van der Waals surface area contributed by atoms with Crippen molar-refractivity contribution in [1.29, 1.82) is 0 Å². The van der Waals surface area contributed by atoms with Gasteiger partial charge in [-0.3, -0.25) is 4.79 Å². The number of phenols is 1. The number of rotatable bonds is 5. The summed E-state index contributed by atoms with van der Waals surface area (Å²) in [5, 5.41) is 9.70. The third-order valence-corrected chi connectivity index (χ3v) is 2.34. The number of carbonyl (C=O) groups is 1. The molecule has 5 nitrogen and oxygen atoms in total. The largest absolute Gasteiger partial charge is 0.508 e. The maximum Gasteiger partial charge on any atom is 0.323 e. The Morgan fingerprint density at radius 2 is 2.24 bits per heavy atom. The van der Waals surface area contributed by atoms with Gasteiger partial charge in [0.15, 0.2) is 0 Å². The SMILES string of the molecule is CCOC(=O)C(N)Cc1c(O)cccc1OC. The summed E-state index contributed by atoms with van der Waals surface area (Å²) < 4.78 is 9.90. The van der Waals surface area contributed by atoms with Crippen molar-refractivity contribution in [2.45, 2.75) is 19.4 Å². The molecule has 1 rings (SSSR count). The molecular weight excluding hydrogens is 222 g/mol. The number of ether oxygens (including phenoxy) is 2. The Morgan fingerprint density at radius 1 is 1.53 bits per heavy atom. The predicted molar refractivity (Wildman–Crippen MR) is 63.0 cm³/mol. The van der Waals surface area contributed by atoms with Gasteiger partial charge in [-0.05, 0) is 19.1 Å². The van der Waals surface area contributed by atoms with Gasteiger partial charge in [0.1, 0.15) is 17.5 Å². The summed E-state index contributed by atoms with van der Waals surface area (Å²) in [4.78, 5) is 11.4. The first-order chi connectivity index (χ1) is 8.10. The molecule has 3 N–H and O–H groups in total. The average Bonchev–Trinajstić information content (AvgIpc) is 2.31. The highest BCUT2D eigenvalue weighted by atomic mass is 16.5. The second kappa shape index (κ2) is 6.10. The van der Waals surface area contributed by atoms with Crippen molar-refractivity contribution in [2.75, 3.05) is 13.7 Å². The fourth-order valence-corrected chi connectivity index (χ4v) is 1.50. The second-order valence-corrected chi connectivity index (χ2v) is 3.52. The molecule has 0 bridgehead atoms. The topological polar surface area (TPSA) is 81.8 Å². The van der Waals surface area contributed by atoms with Gasteiger partial charge in [0, 0.05) is 12.0 Å². The summed E-state index contributed by atoms with van der Waals surface area (Å²) in [6.45, 7) is 2.00. The summed E-state index contributed by atoms with van der Waals surface area (Å²) in [5.41, 5.74) is 6.20. The highest BCUT2D eigenvalue weighted by Crippen LogP contribution is 2.28.